The molecule has 1 aromatic rings. The maximum absolute atomic E-state index is 12.6. The van der Waals surface area contributed by atoms with Crippen molar-refractivity contribution in [1.29, 1.82) is 0 Å². The Balaban J connectivity index is 3.03. The van der Waals surface area contributed by atoms with Crippen LogP contribution in [0.1, 0.15) is 51.0 Å². The highest BCUT2D eigenvalue weighted by Gasteiger charge is 2.25. The predicted molar refractivity (Wildman–Crippen MR) is 78.9 cm³/mol. The van der Waals surface area contributed by atoms with Gasteiger partial charge < -0.3 is 10.6 Å². The molecule has 1 aromatic heterocycles. The molecule has 4 nitrogen and oxygen atoms in total. The van der Waals surface area contributed by atoms with Gasteiger partial charge in [0.15, 0.2) is 5.69 Å². The van der Waals surface area contributed by atoms with Crippen molar-refractivity contribution in [2.24, 2.45) is 5.92 Å². The summed E-state index contributed by atoms with van der Waals surface area (Å²) in [6.45, 7) is 9.18. The van der Waals surface area contributed by atoms with Gasteiger partial charge in [0, 0.05) is 18.8 Å². The lowest BCUT2D eigenvalue weighted by atomic mass is 10.1. The van der Waals surface area contributed by atoms with Gasteiger partial charge >= 0.3 is 0 Å². The quantitative estimate of drug-likeness (QED) is 0.858. The molecule has 0 atom stereocenters. The topological polar surface area (TPSA) is 59.2 Å². The van der Waals surface area contributed by atoms with E-state index in [1.165, 1.54) is 0 Å². The Morgan fingerprint density at radius 2 is 2.00 bits per heavy atom. The summed E-state index contributed by atoms with van der Waals surface area (Å²) in [7, 11) is 0. The van der Waals surface area contributed by atoms with Crippen molar-refractivity contribution < 1.29 is 4.79 Å². The first kappa shape index (κ1) is 15.5. The number of aromatic nitrogens is 1. The van der Waals surface area contributed by atoms with Crippen LogP contribution in [0.3, 0.4) is 0 Å². The Morgan fingerprint density at radius 3 is 2.47 bits per heavy atom. The van der Waals surface area contributed by atoms with Gasteiger partial charge in [-0.15, -0.1) is 0 Å². The number of amides is 1. The van der Waals surface area contributed by atoms with Gasteiger partial charge in [-0.25, -0.2) is 4.98 Å². The lowest BCUT2D eigenvalue weighted by Gasteiger charge is -2.32. The number of hydrogen-bond acceptors (Lipinski definition) is 3. The summed E-state index contributed by atoms with van der Waals surface area (Å²) >= 11 is 0. The molecule has 1 rings (SSSR count). The number of carbonyl (C=O) groups excluding carboxylic acids is 1. The minimum absolute atomic E-state index is 0.0551. The van der Waals surface area contributed by atoms with E-state index in [1.54, 1.807) is 18.3 Å². The van der Waals surface area contributed by atoms with Gasteiger partial charge in [-0.1, -0.05) is 27.7 Å². The van der Waals surface area contributed by atoms with Crippen LogP contribution in [0.4, 0.5) is 5.69 Å². The molecule has 0 aliphatic heterocycles. The zero-order chi connectivity index (χ0) is 14.4. The van der Waals surface area contributed by atoms with Crippen molar-refractivity contribution in [3.63, 3.8) is 0 Å². The zero-order valence-corrected chi connectivity index (χ0v) is 12.4. The minimum atomic E-state index is -0.0551. The monoisotopic (exact) mass is 263 g/mol. The van der Waals surface area contributed by atoms with Gasteiger partial charge in [0.05, 0.1) is 5.69 Å². The summed E-state index contributed by atoms with van der Waals surface area (Å²) in [6.07, 6.45) is 3.51. The fourth-order valence-electron chi connectivity index (χ4n) is 2.25. The smallest absolute Gasteiger partial charge is 0.274 e. The molecule has 0 fully saturated rings. The first-order valence-electron chi connectivity index (χ1n) is 7.02. The number of nitrogens with zero attached hydrogens (tertiary/aromatic N) is 2. The lowest BCUT2D eigenvalue weighted by Crippen LogP contribution is -2.42. The molecule has 0 saturated carbocycles. The molecule has 0 aliphatic rings. The molecule has 0 saturated heterocycles. The summed E-state index contributed by atoms with van der Waals surface area (Å²) in [6, 6.07) is 3.72. The molecule has 1 heterocycles. The molecule has 0 aromatic carbocycles. The Hall–Kier alpha value is -1.58. The van der Waals surface area contributed by atoms with Crippen LogP contribution in [-0.4, -0.2) is 28.4 Å². The second-order valence-corrected chi connectivity index (χ2v) is 5.26. The van der Waals surface area contributed by atoms with E-state index in [0.29, 0.717) is 17.3 Å². The number of carbonyl (C=O) groups is 1. The van der Waals surface area contributed by atoms with Crippen molar-refractivity contribution in [3.05, 3.63) is 24.0 Å². The van der Waals surface area contributed by atoms with Gasteiger partial charge in [-0.2, -0.15) is 0 Å². The maximum Gasteiger partial charge on any atom is 0.274 e. The van der Waals surface area contributed by atoms with Crippen LogP contribution >= 0.6 is 0 Å². The fraction of sp³-hybridized carbons (Fsp3) is 0.600. The van der Waals surface area contributed by atoms with E-state index in [1.807, 2.05) is 4.90 Å². The van der Waals surface area contributed by atoms with E-state index < -0.39 is 0 Å². The highest BCUT2D eigenvalue weighted by molar-refractivity contribution is 5.97. The van der Waals surface area contributed by atoms with Crippen molar-refractivity contribution in [3.8, 4) is 0 Å². The number of pyridine rings is 1. The molecule has 1 amide bonds. The third-order valence-electron chi connectivity index (χ3n) is 3.25. The van der Waals surface area contributed by atoms with E-state index in [-0.39, 0.29) is 11.9 Å². The average Bonchev–Trinajstić information content (AvgIpc) is 2.38. The molecule has 2 N–H and O–H groups in total. The first-order valence-corrected chi connectivity index (χ1v) is 7.02. The normalized spacial score (nSPS) is 11.1. The van der Waals surface area contributed by atoms with Crippen molar-refractivity contribution in [2.45, 2.75) is 46.6 Å². The van der Waals surface area contributed by atoms with Crippen LogP contribution in [0.15, 0.2) is 18.3 Å². The molecule has 0 spiro atoms. The van der Waals surface area contributed by atoms with Crippen LogP contribution in [0, 0.1) is 5.92 Å². The molecular formula is C15H25N3O. The summed E-state index contributed by atoms with van der Waals surface area (Å²) in [5.41, 5.74) is 6.68. The number of anilines is 1. The Kier molecular flexibility index (Phi) is 5.80. The van der Waals surface area contributed by atoms with Crippen LogP contribution < -0.4 is 5.73 Å². The van der Waals surface area contributed by atoms with Crippen LogP contribution in [0.2, 0.25) is 0 Å². The largest absolute Gasteiger partial charge is 0.397 e. The fourth-order valence-corrected chi connectivity index (χ4v) is 2.25. The summed E-state index contributed by atoms with van der Waals surface area (Å²) in [5.74, 6) is 0.370. The Morgan fingerprint density at radius 1 is 1.37 bits per heavy atom. The minimum Gasteiger partial charge on any atom is -0.397 e. The predicted octanol–water partition coefficient (Wildman–Crippen LogP) is 2.95. The molecule has 0 radical (unpaired) electrons. The van der Waals surface area contributed by atoms with Gasteiger partial charge in [0.1, 0.15) is 0 Å². The van der Waals surface area contributed by atoms with Gasteiger partial charge in [0.25, 0.3) is 5.91 Å². The van der Waals surface area contributed by atoms with E-state index >= 15 is 0 Å². The zero-order valence-electron chi connectivity index (χ0n) is 12.4. The molecular weight excluding hydrogens is 238 g/mol. The second-order valence-electron chi connectivity index (χ2n) is 5.26. The van der Waals surface area contributed by atoms with Crippen LogP contribution in [0.25, 0.3) is 0 Å². The van der Waals surface area contributed by atoms with Crippen molar-refractivity contribution >= 4 is 11.6 Å². The number of rotatable bonds is 6. The lowest BCUT2D eigenvalue weighted by molar-refractivity contribution is 0.0635. The Labute approximate surface area is 116 Å². The summed E-state index contributed by atoms with van der Waals surface area (Å²) < 4.78 is 0. The van der Waals surface area contributed by atoms with Crippen molar-refractivity contribution in [2.75, 3.05) is 12.3 Å². The Bertz CT molecular complexity index is 414. The van der Waals surface area contributed by atoms with E-state index in [2.05, 4.69) is 32.7 Å². The van der Waals surface area contributed by atoms with E-state index in [9.17, 15) is 4.79 Å². The number of hydrogen-bond donors (Lipinski definition) is 1. The highest BCUT2D eigenvalue weighted by Crippen LogP contribution is 2.17. The second kappa shape index (κ2) is 7.12. The molecule has 4 heteroatoms. The van der Waals surface area contributed by atoms with Crippen LogP contribution in [-0.2, 0) is 0 Å². The molecule has 0 bridgehead atoms. The summed E-state index contributed by atoms with van der Waals surface area (Å²) in [4.78, 5) is 18.7. The van der Waals surface area contributed by atoms with Crippen molar-refractivity contribution in [1.82, 2.24) is 9.88 Å². The van der Waals surface area contributed by atoms with Crippen LogP contribution in [0.5, 0.6) is 0 Å². The average molecular weight is 263 g/mol. The van der Waals surface area contributed by atoms with E-state index in [4.69, 9.17) is 5.73 Å². The maximum atomic E-state index is 12.6. The molecule has 0 aliphatic carbocycles. The number of nitrogens with two attached hydrogens (primary N) is 1. The molecule has 19 heavy (non-hydrogen) atoms. The molecule has 106 valence electrons. The van der Waals surface area contributed by atoms with Gasteiger partial charge in [0.2, 0.25) is 0 Å². The summed E-state index contributed by atoms with van der Waals surface area (Å²) in [5, 5.41) is 0. The molecule has 0 unspecified atom stereocenters. The third-order valence-corrected chi connectivity index (χ3v) is 3.25. The van der Waals surface area contributed by atoms with Gasteiger partial charge in [-0.3, -0.25) is 4.79 Å². The van der Waals surface area contributed by atoms with Gasteiger partial charge in [-0.05, 0) is 30.9 Å². The third kappa shape index (κ3) is 3.94. The van der Waals surface area contributed by atoms with E-state index in [0.717, 1.165) is 19.4 Å². The number of nitrogen functional groups attached to an aromatic ring is 1. The SMILES string of the molecule is CCC(CC)N(CC(C)C)C(=O)c1ncccc1N. The standard InChI is InChI=1S/C15H25N3O/c1-5-12(6-2)18(10-11(3)4)15(19)14-13(16)8-7-9-17-14/h7-9,11-12H,5-6,10,16H2,1-4H3. The first-order chi connectivity index (χ1) is 9.01. The highest BCUT2D eigenvalue weighted by atomic mass is 16.2.